The average Bonchev–Trinajstić information content (AvgIpc) is 2.23. The summed E-state index contributed by atoms with van der Waals surface area (Å²) in [5, 5.41) is 0. The Morgan fingerprint density at radius 1 is 1.36 bits per heavy atom. The molecule has 1 aliphatic heterocycles. The van der Waals surface area contributed by atoms with E-state index in [4.69, 9.17) is 0 Å². The van der Waals surface area contributed by atoms with E-state index in [1.807, 2.05) is 0 Å². The van der Waals surface area contributed by atoms with Crippen molar-refractivity contribution >= 4 is 10.0 Å². The first kappa shape index (κ1) is 12.0. The van der Waals surface area contributed by atoms with Crippen LogP contribution in [0.1, 0.15) is 27.7 Å². The molecule has 1 saturated heterocycles. The van der Waals surface area contributed by atoms with Crippen LogP contribution in [0.4, 0.5) is 0 Å². The van der Waals surface area contributed by atoms with Gasteiger partial charge in [-0.2, -0.15) is 0 Å². The van der Waals surface area contributed by atoms with Crippen molar-refractivity contribution in [1.29, 1.82) is 0 Å². The summed E-state index contributed by atoms with van der Waals surface area (Å²) in [4.78, 5) is 0. The Balaban J connectivity index is 2.87. The van der Waals surface area contributed by atoms with Gasteiger partial charge in [0.2, 0.25) is 10.0 Å². The predicted molar refractivity (Wildman–Crippen MR) is 58.5 cm³/mol. The van der Waals surface area contributed by atoms with Crippen molar-refractivity contribution in [3.8, 4) is 0 Å². The summed E-state index contributed by atoms with van der Waals surface area (Å²) in [6, 6.07) is 0. The summed E-state index contributed by atoms with van der Waals surface area (Å²) in [5.41, 5.74) is 0.108. The molecule has 1 fully saturated rings. The fraction of sp³-hybridized carbons (Fsp3) is 1.00. The van der Waals surface area contributed by atoms with E-state index in [-0.39, 0.29) is 5.41 Å². The van der Waals surface area contributed by atoms with Crippen molar-refractivity contribution in [3.63, 3.8) is 0 Å². The monoisotopic (exact) mass is 219 g/mol. The van der Waals surface area contributed by atoms with Gasteiger partial charge in [0.05, 0.1) is 6.26 Å². The summed E-state index contributed by atoms with van der Waals surface area (Å²) >= 11 is 0. The quantitative estimate of drug-likeness (QED) is 0.707. The van der Waals surface area contributed by atoms with Crippen LogP contribution in [0.3, 0.4) is 0 Å². The highest BCUT2D eigenvalue weighted by Gasteiger charge is 2.43. The first-order valence-electron chi connectivity index (χ1n) is 5.10. The van der Waals surface area contributed by atoms with E-state index in [0.717, 1.165) is 0 Å². The van der Waals surface area contributed by atoms with Crippen molar-refractivity contribution in [2.24, 2.45) is 17.3 Å². The Morgan fingerprint density at radius 3 is 2.07 bits per heavy atom. The molecule has 1 rings (SSSR count). The fourth-order valence-corrected chi connectivity index (χ4v) is 3.47. The Hall–Kier alpha value is -0.0900. The largest absolute Gasteiger partial charge is 0.213 e. The number of sulfonamides is 1. The standard InChI is InChI=1S/C10H21NO2S/c1-8(2)9-6-11(14(5,12)13)7-10(9,3)4/h8-9H,6-7H2,1-5H3/t9-/m0/s1. The summed E-state index contributed by atoms with van der Waals surface area (Å²) in [7, 11) is -3.01. The molecule has 0 spiro atoms. The van der Waals surface area contributed by atoms with Crippen LogP contribution in [0.2, 0.25) is 0 Å². The van der Waals surface area contributed by atoms with Crippen LogP contribution in [-0.4, -0.2) is 32.1 Å². The minimum Gasteiger partial charge on any atom is -0.213 e. The molecule has 14 heavy (non-hydrogen) atoms. The van der Waals surface area contributed by atoms with E-state index in [9.17, 15) is 8.42 Å². The van der Waals surface area contributed by atoms with E-state index in [1.54, 1.807) is 4.31 Å². The average molecular weight is 219 g/mol. The van der Waals surface area contributed by atoms with Crippen LogP contribution in [-0.2, 0) is 10.0 Å². The molecule has 84 valence electrons. The smallest absolute Gasteiger partial charge is 0.211 e. The Kier molecular flexibility index (Phi) is 2.99. The zero-order valence-electron chi connectivity index (χ0n) is 9.74. The lowest BCUT2D eigenvalue weighted by Crippen LogP contribution is -2.29. The lowest BCUT2D eigenvalue weighted by atomic mass is 9.76. The number of rotatable bonds is 2. The van der Waals surface area contributed by atoms with Gasteiger partial charge in [-0.1, -0.05) is 27.7 Å². The van der Waals surface area contributed by atoms with Gasteiger partial charge in [-0.25, -0.2) is 12.7 Å². The molecular formula is C10H21NO2S. The Bertz CT molecular complexity index is 306. The molecule has 4 heteroatoms. The van der Waals surface area contributed by atoms with Gasteiger partial charge in [0, 0.05) is 13.1 Å². The number of hydrogen-bond donors (Lipinski definition) is 0. The Morgan fingerprint density at radius 2 is 1.86 bits per heavy atom. The lowest BCUT2D eigenvalue weighted by molar-refractivity contribution is 0.223. The minimum absolute atomic E-state index is 0.108. The van der Waals surface area contributed by atoms with E-state index >= 15 is 0 Å². The molecule has 0 aliphatic carbocycles. The number of hydrogen-bond acceptors (Lipinski definition) is 2. The molecule has 3 nitrogen and oxygen atoms in total. The van der Waals surface area contributed by atoms with E-state index in [2.05, 4.69) is 27.7 Å². The highest BCUT2D eigenvalue weighted by molar-refractivity contribution is 7.88. The van der Waals surface area contributed by atoms with E-state index in [0.29, 0.717) is 24.9 Å². The van der Waals surface area contributed by atoms with Gasteiger partial charge in [0.15, 0.2) is 0 Å². The van der Waals surface area contributed by atoms with Gasteiger partial charge in [-0.15, -0.1) is 0 Å². The van der Waals surface area contributed by atoms with Gasteiger partial charge in [0.1, 0.15) is 0 Å². The minimum atomic E-state index is -3.01. The van der Waals surface area contributed by atoms with Gasteiger partial charge in [-0.05, 0) is 17.3 Å². The molecule has 0 amide bonds. The van der Waals surface area contributed by atoms with Crippen LogP contribution >= 0.6 is 0 Å². The van der Waals surface area contributed by atoms with Crippen LogP contribution in [0.25, 0.3) is 0 Å². The SMILES string of the molecule is CC(C)[C@@H]1CN(S(C)(=O)=O)CC1(C)C. The maximum absolute atomic E-state index is 11.4. The van der Waals surface area contributed by atoms with E-state index < -0.39 is 10.0 Å². The third-order valence-corrected chi connectivity index (χ3v) is 4.48. The first-order chi connectivity index (χ1) is 6.14. The maximum atomic E-state index is 11.4. The van der Waals surface area contributed by atoms with Crippen molar-refractivity contribution in [1.82, 2.24) is 4.31 Å². The second-order valence-corrected chi connectivity index (χ2v) is 7.38. The summed E-state index contributed by atoms with van der Waals surface area (Å²) in [6.07, 6.45) is 1.30. The molecule has 0 radical (unpaired) electrons. The van der Waals surface area contributed by atoms with Crippen molar-refractivity contribution in [2.45, 2.75) is 27.7 Å². The topological polar surface area (TPSA) is 37.4 Å². The van der Waals surface area contributed by atoms with Gasteiger partial charge < -0.3 is 0 Å². The Labute approximate surface area is 87.5 Å². The summed E-state index contributed by atoms with van der Waals surface area (Å²) in [6.45, 7) is 9.99. The van der Waals surface area contributed by atoms with Gasteiger partial charge >= 0.3 is 0 Å². The fourth-order valence-electron chi connectivity index (χ4n) is 2.47. The van der Waals surface area contributed by atoms with Crippen LogP contribution in [0.5, 0.6) is 0 Å². The molecule has 1 heterocycles. The summed E-state index contributed by atoms with van der Waals surface area (Å²) in [5.74, 6) is 1.01. The normalized spacial score (nSPS) is 28.6. The highest BCUT2D eigenvalue weighted by Crippen LogP contribution is 2.40. The third-order valence-electron chi connectivity index (χ3n) is 3.26. The molecule has 1 atom stereocenters. The van der Waals surface area contributed by atoms with Crippen molar-refractivity contribution in [3.05, 3.63) is 0 Å². The van der Waals surface area contributed by atoms with E-state index in [1.165, 1.54) is 6.26 Å². The second kappa shape index (κ2) is 3.49. The highest BCUT2D eigenvalue weighted by atomic mass is 32.2. The molecule has 0 aromatic heterocycles. The predicted octanol–water partition coefficient (Wildman–Crippen LogP) is 1.56. The lowest BCUT2D eigenvalue weighted by Gasteiger charge is -2.28. The van der Waals surface area contributed by atoms with Crippen molar-refractivity contribution < 1.29 is 8.42 Å². The second-order valence-electron chi connectivity index (χ2n) is 5.39. The first-order valence-corrected chi connectivity index (χ1v) is 6.94. The maximum Gasteiger partial charge on any atom is 0.211 e. The number of nitrogens with zero attached hydrogens (tertiary/aromatic N) is 1. The molecule has 0 bridgehead atoms. The zero-order chi connectivity index (χ0) is 11.1. The molecule has 0 N–H and O–H groups in total. The van der Waals surface area contributed by atoms with Gasteiger partial charge in [0.25, 0.3) is 0 Å². The summed E-state index contributed by atoms with van der Waals surface area (Å²) < 4.78 is 24.4. The van der Waals surface area contributed by atoms with Crippen molar-refractivity contribution in [2.75, 3.05) is 19.3 Å². The third kappa shape index (κ3) is 2.28. The molecule has 0 saturated carbocycles. The van der Waals surface area contributed by atoms with Crippen LogP contribution in [0, 0.1) is 17.3 Å². The van der Waals surface area contributed by atoms with Crippen LogP contribution < -0.4 is 0 Å². The zero-order valence-corrected chi connectivity index (χ0v) is 10.6. The molecular weight excluding hydrogens is 198 g/mol. The molecule has 0 unspecified atom stereocenters. The molecule has 1 aliphatic rings. The van der Waals surface area contributed by atoms with Gasteiger partial charge in [-0.3, -0.25) is 0 Å². The molecule has 0 aromatic rings. The van der Waals surface area contributed by atoms with Crippen LogP contribution in [0.15, 0.2) is 0 Å². The molecule has 0 aromatic carbocycles.